The van der Waals surface area contributed by atoms with Gasteiger partial charge in [-0.15, -0.1) is 0 Å². The highest BCUT2D eigenvalue weighted by atomic mass is 31.1. The van der Waals surface area contributed by atoms with Crippen molar-refractivity contribution in [3.8, 4) is 0 Å². The molecule has 0 aliphatic carbocycles. The zero-order valence-corrected chi connectivity index (χ0v) is 5.87. The monoisotopic (exact) mass is 122 g/mol. The van der Waals surface area contributed by atoms with E-state index in [0.717, 1.165) is 12.8 Å². The Morgan fingerprint density at radius 2 is 2.43 bits per heavy atom. The van der Waals surface area contributed by atoms with Crippen LogP contribution in [0.25, 0.3) is 0 Å². The molecule has 1 nitrogen and oxygen atoms in total. The minimum Gasteiger partial charge on any atom is -0.327 e. The molecule has 0 spiro atoms. The SMILES string of the molecule is [3H]P(C)(=O)CCCC. The van der Waals surface area contributed by atoms with Gasteiger partial charge in [0.15, 0.2) is 0 Å². The third-order valence-corrected chi connectivity index (χ3v) is 1.77. The van der Waals surface area contributed by atoms with Crippen LogP contribution in [0.5, 0.6) is 0 Å². The van der Waals surface area contributed by atoms with E-state index >= 15 is 0 Å². The summed E-state index contributed by atoms with van der Waals surface area (Å²) in [5, 5.41) is 0. The zero-order valence-electron chi connectivity index (χ0n) is 5.98. The molecular formula is C5H13OP. The van der Waals surface area contributed by atoms with E-state index in [1.54, 1.807) is 0 Å². The van der Waals surface area contributed by atoms with E-state index in [0.29, 0.717) is 6.16 Å². The maximum absolute atomic E-state index is 10.6. The molecule has 0 aromatic carbocycles. The third kappa shape index (κ3) is 6.23. The van der Waals surface area contributed by atoms with Gasteiger partial charge in [0.2, 0.25) is 0 Å². The van der Waals surface area contributed by atoms with Crippen LogP contribution in [0.2, 0.25) is 0 Å². The Kier molecular flexibility index (Phi) is 3.37. The lowest BCUT2D eigenvalue weighted by Gasteiger charge is -1.88. The molecule has 0 saturated heterocycles. The van der Waals surface area contributed by atoms with Gasteiger partial charge in [-0.05, 0) is 19.2 Å². The highest BCUT2D eigenvalue weighted by Crippen LogP contribution is 2.14. The lowest BCUT2D eigenvalue weighted by atomic mass is 10.4. The summed E-state index contributed by atoms with van der Waals surface area (Å²) < 4.78 is 17.6. The zero-order chi connectivity index (χ0) is 6.62. The molecule has 0 aliphatic rings. The molecule has 2 heteroatoms. The summed E-state index contributed by atoms with van der Waals surface area (Å²) >= 11 is 0. The molecule has 0 N–H and O–H groups in total. The second kappa shape index (κ2) is 4.39. The fourth-order valence-electron chi connectivity index (χ4n) is 0.381. The Morgan fingerprint density at radius 1 is 1.86 bits per heavy atom. The van der Waals surface area contributed by atoms with Gasteiger partial charge in [-0.1, -0.05) is 13.3 Å². The van der Waals surface area contributed by atoms with Gasteiger partial charge in [-0.25, -0.2) is 0 Å². The Labute approximate surface area is 47.2 Å². The Morgan fingerprint density at radius 3 is 2.57 bits per heavy atom. The van der Waals surface area contributed by atoms with Gasteiger partial charge in [0, 0.05) is 0 Å². The molecule has 1 atom stereocenters. The highest BCUT2D eigenvalue weighted by molar-refractivity contribution is 7.43. The van der Waals surface area contributed by atoms with E-state index < -0.39 is 7.75 Å². The van der Waals surface area contributed by atoms with Gasteiger partial charge in [-0.3, -0.25) is 0 Å². The third-order valence-electron chi connectivity index (χ3n) is 0.827. The van der Waals surface area contributed by atoms with E-state index in [-0.39, 0.29) is 0 Å². The average Bonchev–Trinajstić information content (AvgIpc) is 1.59. The minimum atomic E-state index is -2.43. The van der Waals surface area contributed by atoms with E-state index in [1.807, 2.05) is 6.92 Å². The van der Waals surface area contributed by atoms with Gasteiger partial charge in [0.25, 0.3) is 0 Å². The van der Waals surface area contributed by atoms with Crippen molar-refractivity contribution in [3.05, 3.63) is 0 Å². The lowest BCUT2D eigenvalue weighted by Crippen LogP contribution is -1.72. The molecule has 0 aliphatic heterocycles. The Bertz CT molecular complexity index is 96.6. The van der Waals surface area contributed by atoms with Crippen molar-refractivity contribution >= 4 is 7.75 Å². The first kappa shape index (κ1) is 5.37. The molecule has 0 bridgehead atoms. The van der Waals surface area contributed by atoms with E-state index in [2.05, 4.69) is 0 Å². The summed E-state index contributed by atoms with van der Waals surface area (Å²) in [6, 6.07) is 0. The first-order valence-electron chi connectivity index (χ1n) is 3.10. The number of hydrogen-bond acceptors (Lipinski definition) is 1. The number of unbranched alkanes of at least 4 members (excludes halogenated alkanes) is 1. The van der Waals surface area contributed by atoms with E-state index in [1.165, 1.54) is 6.66 Å². The van der Waals surface area contributed by atoms with Crippen LogP contribution in [0, 0.1) is 0 Å². The van der Waals surface area contributed by atoms with Crippen LogP contribution in [0.4, 0.5) is 0 Å². The fraction of sp³-hybridized carbons (Fsp3) is 1.00. The van der Waals surface area contributed by atoms with Crippen LogP contribution in [0.3, 0.4) is 0 Å². The van der Waals surface area contributed by atoms with Gasteiger partial charge in [0.05, 0.1) is 9.02 Å². The van der Waals surface area contributed by atoms with Crippen molar-refractivity contribution in [2.45, 2.75) is 19.8 Å². The predicted molar refractivity (Wildman–Crippen MR) is 34.7 cm³/mol. The lowest BCUT2D eigenvalue weighted by molar-refractivity contribution is 0.589. The predicted octanol–water partition coefficient (Wildman–Crippen LogP) is 1.98. The molecule has 0 amide bonds. The summed E-state index contributed by atoms with van der Waals surface area (Å²) in [4.78, 5) is 0. The summed E-state index contributed by atoms with van der Waals surface area (Å²) in [6.45, 7) is 3.55. The molecule has 0 fully saturated rings. The van der Waals surface area contributed by atoms with Crippen LogP contribution >= 0.6 is 7.75 Å². The smallest absolute Gasteiger partial charge is 0.0998 e. The molecule has 0 aromatic rings. The van der Waals surface area contributed by atoms with Gasteiger partial charge in [0.1, 0.15) is 0 Å². The van der Waals surface area contributed by atoms with Crippen molar-refractivity contribution in [1.82, 2.24) is 0 Å². The maximum Gasteiger partial charge on any atom is 0.0998 e. The van der Waals surface area contributed by atoms with Crippen molar-refractivity contribution in [1.29, 1.82) is 1.28 Å². The summed E-state index contributed by atoms with van der Waals surface area (Å²) in [5.41, 5.74) is 0. The quantitative estimate of drug-likeness (QED) is 0.523. The van der Waals surface area contributed by atoms with Crippen LogP contribution in [0.1, 0.15) is 19.8 Å². The number of rotatable bonds is 3. The van der Waals surface area contributed by atoms with Gasteiger partial charge >= 0.3 is 0 Å². The fourth-order valence-corrected chi connectivity index (χ4v) is 1.14. The highest BCUT2D eigenvalue weighted by Gasteiger charge is 1.85. The second-order valence-corrected chi connectivity index (χ2v) is 3.41. The van der Waals surface area contributed by atoms with Crippen molar-refractivity contribution in [2.75, 3.05) is 12.8 Å². The molecule has 0 saturated carbocycles. The summed E-state index contributed by atoms with van der Waals surface area (Å²) in [5.74, 6) is 0. The first-order valence-corrected chi connectivity index (χ1v) is 4.55. The number of hydrogen-bond donors (Lipinski definition) is 0. The van der Waals surface area contributed by atoms with Crippen LogP contribution in [-0.4, -0.2) is 14.1 Å². The van der Waals surface area contributed by atoms with Crippen molar-refractivity contribution in [3.63, 3.8) is 0 Å². The first-order chi connectivity index (χ1) is 3.56. The Hall–Kier alpha value is 0.230. The van der Waals surface area contributed by atoms with E-state index in [9.17, 15) is 4.57 Å². The molecule has 0 rings (SSSR count). The molecule has 0 radical (unpaired) electrons. The van der Waals surface area contributed by atoms with Crippen LogP contribution < -0.4 is 0 Å². The van der Waals surface area contributed by atoms with Crippen molar-refractivity contribution in [2.24, 2.45) is 0 Å². The van der Waals surface area contributed by atoms with Crippen molar-refractivity contribution < 1.29 is 4.57 Å². The molecule has 0 heterocycles. The van der Waals surface area contributed by atoms with Crippen LogP contribution in [0.15, 0.2) is 0 Å². The maximum atomic E-state index is 10.6. The second-order valence-electron chi connectivity index (χ2n) is 1.71. The molecule has 1 unspecified atom stereocenters. The normalized spacial score (nSPS) is 20.6. The molecule has 44 valence electrons. The Balaban J connectivity index is 3.26. The van der Waals surface area contributed by atoms with Crippen LogP contribution in [-0.2, 0) is 4.57 Å². The standard InChI is InChI=1S/C5H13OP/c1-3-4-5-7(2)6/h7H,3-5H2,1-2H3/i7T. The largest absolute Gasteiger partial charge is 0.327 e. The molecular weight excluding hydrogens is 107 g/mol. The van der Waals surface area contributed by atoms with E-state index in [4.69, 9.17) is 1.28 Å². The van der Waals surface area contributed by atoms with Gasteiger partial charge < -0.3 is 4.57 Å². The average molecular weight is 122 g/mol. The minimum absolute atomic E-state index is 0.587. The molecule has 0 aromatic heterocycles. The molecule has 7 heavy (non-hydrogen) atoms. The van der Waals surface area contributed by atoms with Gasteiger partial charge in [-0.2, -0.15) is 0 Å². The summed E-state index contributed by atoms with van der Waals surface area (Å²) in [6.07, 6.45) is 2.55. The summed E-state index contributed by atoms with van der Waals surface area (Å²) in [7, 11) is -2.43. The topological polar surface area (TPSA) is 17.1 Å².